The van der Waals surface area contributed by atoms with E-state index in [2.05, 4.69) is 43.6 Å². The molecule has 1 atom stereocenters. The lowest BCUT2D eigenvalue weighted by molar-refractivity contribution is -0.134. The molecule has 3 fully saturated rings. The number of aromatic carboxylic acids is 1. The van der Waals surface area contributed by atoms with Gasteiger partial charge >= 0.3 is 5.97 Å². The van der Waals surface area contributed by atoms with Gasteiger partial charge in [-0.25, -0.2) is 14.8 Å². The maximum absolute atomic E-state index is 13.6. The van der Waals surface area contributed by atoms with E-state index in [0.29, 0.717) is 60.3 Å². The van der Waals surface area contributed by atoms with E-state index >= 15 is 0 Å². The Bertz CT molecular complexity index is 3160. The van der Waals surface area contributed by atoms with Crippen molar-refractivity contribution < 1.29 is 29.0 Å². The molecular weight excluding hydrogens is 927 g/mol. The van der Waals surface area contributed by atoms with Gasteiger partial charge in [0.25, 0.3) is 5.91 Å². The predicted octanol–water partition coefficient (Wildman–Crippen LogP) is 9.21. The van der Waals surface area contributed by atoms with Crippen LogP contribution in [-0.2, 0) is 29.6 Å². The van der Waals surface area contributed by atoms with E-state index in [-0.39, 0.29) is 29.5 Å². The molecule has 1 saturated carbocycles. The zero-order valence-corrected chi connectivity index (χ0v) is 41.3. The molecular formula is C56H59N9O6S. The molecule has 11 rings (SSSR count). The fraction of sp³-hybridized carbons (Fsp3) is 0.375. The van der Waals surface area contributed by atoms with Crippen molar-refractivity contribution in [2.75, 3.05) is 54.4 Å². The van der Waals surface area contributed by atoms with E-state index in [1.54, 1.807) is 0 Å². The van der Waals surface area contributed by atoms with Gasteiger partial charge in [-0.05, 0) is 135 Å². The van der Waals surface area contributed by atoms with Crippen molar-refractivity contribution in [1.82, 2.24) is 30.0 Å². The second kappa shape index (κ2) is 20.5. The first-order chi connectivity index (χ1) is 35.1. The number of para-hydroxylation sites is 1. The van der Waals surface area contributed by atoms with Crippen LogP contribution in [0.2, 0.25) is 0 Å². The third-order valence-electron chi connectivity index (χ3n) is 15.2. The molecule has 1 aliphatic carbocycles. The number of anilines is 3. The van der Waals surface area contributed by atoms with Crippen molar-refractivity contribution in [3.05, 3.63) is 125 Å². The number of nitrogens with zero attached hydrogens (tertiary/aromatic N) is 7. The molecule has 0 spiro atoms. The summed E-state index contributed by atoms with van der Waals surface area (Å²) in [5, 5.41) is 22.2. The smallest absolute Gasteiger partial charge is 0.355 e. The molecule has 4 aliphatic rings. The summed E-state index contributed by atoms with van der Waals surface area (Å²) in [5.41, 5.74) is 7.56. The molecule has 3 N–H and O–H groups in total. The summed E-state index contributed by atoms with van der Waals surface area (Å²) in [4.78, 5) is 67.1. The lowest BCUT2D eigenvalue weighted by Crippen LogP contribution is -2.46. The number of rotatable bonds is 14. The number of aryl methyl sites for hydroxylation is 1. The van der Waals surface area contributed by atoms with Gasteiger partial charge < -0.3 is 19.6 Å². The highest BCUT2D eigenvalue weighted by molar-refractivity contribution is 7.22. The first-order valence-corrected chi connectivity index (χ1v) is 26.2. The first-order valence-electron chi connectivity index (χ1n) is 25.4. The van der Waals surface area contributed by atoms with Crippen LogP contribution >= 0.6 is 11.3 Å². The lowest BCUT2D eigenvalue weighted by Gasteiger charge is -2.36. The molecule has 3 aliphatic heterocycles. The number of nitrogens with one attached hydrogen (secondary N) is 2. The Balaban J connectivity index is 0.638. The summed E-state index contributed by atoms with van der Waals surface area (Å²) in [6.07, 6.45) is 9.57. The van der Waals surface area contributed by atoms with Crippen LogP contribution in [0.3, 0.4) is 0 Å². The number of carboxylic acids is 1. The van der Waals surface area contributed by atoms with Crippen LogP contribution in [0.1, 0.15) is 101 Å². The number of carbonyl (C=O) groups excluding carboxylic acids is 3. The van der Waals surface area contributed by atoms with Crippen LogP contribution in [0.25, 0.3) is 32.2 Å². The highest BCUT2D eigenvalue weighted by atomic mass is 32.1. The SMILES string of the molecule is Cn1nc(C2CCC(=O)NC2=O)c2ccc(N3CCN(CCCCC4CCC(Oc5cccc(-c6ccc(N7CCc8cccc(C(=O)Nc9nc%10ccccc%10s9)c8C7)nc6C(=O)O)c5)CC4)CC3)cc21. The second-order valence-corrected chi connectivity index (χ2v) is 20.8. The second-order valence-electron chi connectivity index (χ2n) is 19.8. The summed E-state index contributed by atoms with van der Waals surface area (Å²) in [5.74, 6) is -0.221. The summed E-state index contributed by atoms with van der Waals surface area (Å²) in [7, 11) is 1.92. The number of piperazine rings is 1. The van der Waals surface area contributed by atoms with E-state index in [1.807, 2.05) is 95.5 Å². The van der Waals surface area contributed by atoms with E-state index in [0.717, 1.165) is 108 Å². The predicted molar refractivity (Wildman–Crippen MR) is 280 cm³/mol. The number of carboxylic acid groups (broad SMARTS) is 1. The van der Waals surface area contributed by atoms with Crippen molar-refractivity contribution in [2.45, 2.75) is 82.8 Å². The number of fused-ring (bicyclic) bond motifs is 3. The number of pyridine rings is 1. The van der Waals surface area contributed by atoms with Crippen LogP contribution in [0.15, 0.2) is 97.1 Å². The normalized spacial score (nSPS) is 19.6. The number of amides is 3. The Morgan fingerprint density at radius 2 is 1.67 bits per heavy atom. The molecule has 0 radical (unpaired) electrons. The Kier molecular flexibility index (Phi) is 13.4. The molecule has 2 saturated heterocycles. The van der Waals surface area contributed by atoms with Crippen LogP contribution in [0, 0.1) is 5.92 Å². The molecule has 16 heteroatoms. The Hall–Kier alpha value is -7.17. The number of carbonyl (C=O) groups is 4. The number of benzene rings is 4. The number of thiazole rings is 1. The van der Waals surface area contributed by atoms with Crippen LogP contribution in [-0.4, -0.2) is 98.8 Å². The number of imide groups is 1. The summed E-state index contributed by atoms with van der Waals surface area (Å²) >= 11 is 1.44. The zero-order chi connectivity index (χ0) is 49.3. The Labute approximate surface area is 422 Å². The van der Waals surface area contributed by atoms with Crippen molar-refractivity contribution in [1.29, 1.82) is 0 Å². The number of hydrogen-bond donors (Lipinski definition) is 3. The number of unbranched alkanes of at least 4 members (excludes halogenated alkanes) is 1. The number of hydrogen-bond acceptors (Lipinski definition) is 12. The van der Waals surface area contributed by atoms with Gasteiger partial charge in [-0.15, -0.1) is 0 Å². The summed E-state index contributed by atoms with van der Waals surface area (Å²) in [6.45, 7) is 6.15. The van der Waals surface area contributed by atoms with Gasteiger partial charge in [0.15, 0.2) is 10.8 Å². The molecule has 0 bridgehead atoms. The monoisotopic (exact) mass is 985 g/mol. The van der Waals surface area contributed by atoms with Crippen LogP contribution < -0.4 is 25.2 Å². The van der Waals surface area contributed by atoms with Gasteiger partial charge in [0.05, 0.1) is 33.4 Å². The molecule has 370 valence electrons. The highest BCUT2D eigenvalue weighted by Gasteiger charge is 2.32. The minimum atomic E-state index is -1.10. The standard InChI is InChI=1S/C56H59N9O6S/c1-62-47-33-38(17-20-43(47)51(61-62)44-22-24-50(66)59-54(44)68)64-30-28-63(29-31-64)26-5-4-8-35-15-18-39(19-16-35)71-40-11-6-10-37(32-40)41-21-23-49(58-52(41)55(69)70)65-27-25-36-9-7-12-42(45(36)34-65)53(67)60-56-57-46-13-2-3-14-48(46)72-56/h2-3,6-7,9-14,17,20-21,23,32-33,35,39,44H,4-5,8,15-16,18-19,22,24-31,34H2,1H3,(H,69,70)(H,57,60,67)(H,59,66,68). The van der Waals surface area contributed by atoms with E-state index in [9.17, 15) is 24.3 Å². The van der Waals surface area contributed by atoms with E-state index < -0.39 is 11.9 Å². The summed E-state index contributed by atoms with van der Waals surface area (Å²) < 4.78 is 9.41. The highest BCUT2D eigenvalue weighted by Crippen LogP contribution is 2.36. The topological polar surface area (TPSA) is 175 Å². The van der Waals surface area contributed by atoms with E-state index in [1.165, 1.54) is 36.3 Å². The third kappa shape index (κ3) is 10.0. The third-order valence-corrected chi connectivity index (χ3v) is 16.1. The maximum atomic E-state index is 13.6. The van der Waals surface area contributed by atoms with Crippen molar-refractivity contribution in [3.8, 4) is 16.9 Å². The van der Waals surface area contributed by atoms with Gasteiger partial charge in [0.2, 0.25) is 11.8 Å². The van der Waals surface area contributed by atoms with E-state index in [4.69, 9.17) is 14.8 Å². The molecule has 1 unspecified atom stereocenters. The van der Waals surface area contributed by atoms with Gasteiger partial charge in [-0.3, -0.25) is 34.6 Å². The molecule has 15 nitrogen and oxygen atoms in total. The number of ether oxygens (including phenoxy) is 1. The first kappa shape index (κ1) is 47.2. The molecule has 3 aromatic heterocycles. The van der Waals surface area contributed by atoms with Crippen molar-refractivity contribution >= 4 is 72.8 Å². The molecule has 4 aromatic carbocycles. The fourth-order valence-corrected chi connectivity index (χ4v) is 12.1. The maximum Gasteiger partial charge on any atom is 0.355 e. The lowest BCUT2D eigenvalue weighted by atomic mass is 9.84. The van der Waals surface area contributed by atoms with Gasteiger partial charge in [-0.2, -0.15) is 5.10 Å². The van der Waals surface area contributed by atoms with Crippen molar-refractivity contribution in [3.63, 3.8) is 0 Å². The Morgan fingerprint density at radius 3 is 2.49 bits per heavy atom. The van der Waals surface area contributed by atoms with Gasteiger partial charge in [0.1, 0.15) is 11.6 Å². The largest absolute Gasteiger partial charge is 0.490 e. The zero-order valence-electron chi connectivity index (χ0n) is 40.5. The minimum absolute atomic E-state index is 0.0244. The fourth-order valence-electron chi connectivity index (χ4n) is 11.2. The average molecular weight is 986 g/mol. The Morgan fingerprint density at radius 1 is 0.833 bits per heavy atom. The average Bonchev–Trinajstić information content (AvgIpc) is 3.97. The van der Waals surface area contributed by atoms with Gasteiger partial charge in [-0.1, -0.05) is 60.6 Å². The molecule has 6 heterocycles. The summed E-state index contributed by atoms with van der Waals surface area (Å²) in [6, 6.07) is 31.4. The minimum Gasteiger partial charge on any atom is -0.490 e. The van der Waals surface area contributed by atoms with Crippen LogP contribution in [0.4, 0.5) is 16.6 Å². The molecule has 72 heavy (non-hydrogen) atoms. The van der Waals surface area contributed by atoms with Crippen molar-refractivity contribution in [2.24, 2.45) is 13.0 Å². The quantitative estimate of drug-likeness (QED) is 0.0697. The van der Waals surface area contributed by atoms with Gasteiger partial charge in [0, 0.05) is 74.9 Å². The van der Waals surface area contributed by atoms with Crippen LogP contribution in [0.5, 0.6) is 5.75 Å². The molecule has 7 aromatic rings. The number of aromatic nitrogens is 4. The number of piperidine rings is 1. The molecule has 3 amide bonds.